The number of allylic oxidation sites excluding steroid dienone is 1. The third-order valence-electron chi connectivity index (χ3n) is 5.75. The van der Waals surface area contributed by atoms with Gasteiger partial charge in [0.05, 0.1) is 0 Å². The standard InChI is InChI=1S/C24H25F5/c1-16-2-8-19(9-3-16)20-10-6-17(7-11-20)4-5-18-14-22(25)21(23(26)15-18)12-13-24(27,28)29/h6-7,10-16,19H,2-5,8-9H2,1H3/b13-12+. The summed E-state index contributed by atoms with van der Waals surface area (Å²) in [4.78, 5) is 0. The summed E-state index contributed by atoms with van der Waals surface area (Å²) in [5, 5.41) is 0. The summed E-state index contributed by atoms with van der Waals surface area (Å²) in [7, 11) is 0. The predicted molar refractivity (Wildman–Crippen MR) is 106 cm³/mol. The molecule has 1 aliphatic carbocycles. The monoisotopic (exact) mass is 408 g/mol. The molecule has 0 radical (unpaired) electrons. The molecular formula is C24H25F5. The molecule has 0 amide bonds. The van der Waals surface area contributed by atoms with Crippen molar-refractivity contribution in [2.45, 2.75) is 57.5 Å². The summed E-state index contributed by atoms with van der Waals surface area (Å²) in [6.45, 7) is 2.30. The summed E-state index contributed by atoms with van der Waals surface area (Å²) in [5.74, 6) is -0.549. The van der Waals surface area contributed by atoms with Gasteiger partial charge in [-0.25, -0.2) is 8.78 Å². The van der Waals surface area contributed by atoms with Gasteiger partial charge in [0, 0.05) is 11.6 Å². The van der Waals surface area contributed by atoms with Gasteiger partial charge in [-0.3, -0.25) is 0 Å². The second-order valence-electron chi connectivity index (χ2n) is 8.05. The van der Waals surface area contributed by atoms with E-state index in [1.807, 2.05) is 0 Å². The zero-order chi connectivity index (χ0) is 21.0. The van der Waals surface area contributed by atoms with E-state index in [0.717, 1.165) is 23.6 Å². The summed E-state index contributed by atoms with van der Waals surface area (Å²) < 4.78 is 64.8. The second-order valence-corrected chi connectivity index (χ2v) is 8.05. The summed E-state index contributed by atoms with van der Waals surface area (Å²) in [6, 6.07) is 10.6. The van der Waals surface area contributed by atoms with Crippen molar-refractivity contribution in [1.82, 2.24) is 0 Å². The number of alkyl halides is 3. The van der Waals surface area contributed by atoms with Crippen molar-refractivity contribution >= 4 is 6.08 Å². The quantitative estimate of drug-likeness (QED) is 0.447. The topological polar surface area (TPSA) is 0 Å². The van der Waals surface area contributed by atoms with Gasteiger partial charge in [0.1, 0.15) is 11.6 Å². The molecule has 0 aliphatic heterocycles. The first-order chi connectivity index (χ1) is 13.7. The highest BCUT2D eigenvalue weighted by atomic mass is 19.4. The Bertz CT molecular complexity index is 818. The Morgan fingerprint density at radius 3 is 1.97 bits per heavy atom. The van der Waals surface area contributed by atoms with Crippen LogP contribution in [0.2, 0.25) is 0 Å². The molecule has 0 spiro atoms. The molecule has 2 aromatic rings. The zero-order valence-corrected chi connectivity index (χ0v) is 16.4. The predicted octanol–water partition coefficient (Wildman–Crippen LogP) is 7.62. The van der Waals surface area contributed by atoms with E-state index in [9.17, 15) is 22.0 Å². The molecule has 3 rings (SSSR count). The number of halogens is 5. The van der Waals surface area contributed by atoms with Crippen molar-refractivity contribution in [3.63, 3.8) is 0 Å². The molecule has 0 atom stereocenters. The van der Waals surface area contributed by atoms with Crippen LogP contribution in [0.15, 0.2) is 42.5 Å². The van der Waals surface area contributed by atoms with Crippen LogP contribution in [0.1, 0.15) is 60.8 Å². The van der Waals surface area contributed by atoms with Crippen molar-refractivity contribution in [2.75, 3.05) is 0 Å². The fourth-order valence-electron chi connectivity index (χ4n) is 3.96. The van der Waals surface area contributed by atoms with Crippen LogP contribution in [-0.4, -0.2) is 6.18 Å². The third kappa shape index (κ3) is 6.15. The Balaban J connectivity index is 1.62. The molecule has 29 heavy (non-hydrogen) atoms. The van der Waals surface area contributed by atoms with Crippen LogP contribution in [0.5, 0.6) is 0 Å². The van der Waals surface area contributed by atoms with Gasteiger partial charge in [-0.15, -0.1) is 0 Å². The fourth-order valence-corrected chi connectivity index (χ4v) is 3.96. The molecule has 0 N–H and O–H groups in total. The molecule has 0 unspecified atom stereocenters. The summed E-state index contributed by atoms with van der Waals surface area (Å²) in [5.41, 5.74) is 2.17. The molecular weight excluding hydrogens is 383 g/mol. The van der Waals surface area contributed by atoms with Crippen LogP contribution in [0.25, 0.3) is 6.08 Å². The highest BCUT2D eigenvalue weighted by molar-refractivity contribution is 5.52. The molecule has 1 aliphatic rings. The van der Waals surface area contributed by atoms with E-state index in [1.165, 1.54) is 31.2 Å². The minimum absolute atomic E-state index is 0.164. The van der Waals surface area contributed by atoms with Gasteiger partial charge in [0.15, 0.2) is 0 Å². The zero-order valence-electron chi connectivity index (χ0n) is 16.4. The largest absolute Gasteiger partial charge is 0.409 e. The lowest BCUT2D eigenvalue weighted by atomic mass is 9.79. The molecule has 0 aromatic heterocycles. The lowest BCUT2D eigenvalue weighted by Crippen LogP contribution is -2.10. The molecule has 0 heterocycles. The highest BCUT2D eigenvalue weighted by Crippen LogP contribution is 2.35. The maximum atomic E-state index is 14.0. The SMILES string of the molecule is CC1CCC(c2ccc(CCc3cc(F)c(/C=C/C(F)(F)F)c(F)c3)cc2)CC1. The van der Waals surface area contributed by atoms with Crippen molar-refractivity contribution in [2.24, 2.45) is 5.92 Å². The van der Waals surface area contributed by atoms with Gasteiger partial charge in [-0.1, -0.05) is 44.0 Å². The molecule has 0 nitrogen and oxygen atoms in total. The van der Waals surface area contributed by atoms with Gasteiger partial charge in [0.2, 0.25) is 0 Å². The maximum Gasteiger partial charge on any atom is 0.409 e. The van der Waals surface area contributed by atoms with Crippen molar-refractivity contribution in [1.29, 1.82) is 0 Å². The van der Waals surface area contributed by atoms with Crippen LogP contribution in [0.3, 0.4) is 0 Å². The van der Waals surface area contributed by atoms with E-state index in [1.54, 1.807) is 0 Å². The van der Waals surface area contributed by atoms with Gasteiger partial charge in [-0.2, -0.15) is 13.2 Å². The Morgan fingerprint density at radius 2 is 1.41 bits per heavy atom. The Labute approximate surface area is 168 Å². The second kappa shape index (κ2) is 9.10. The number of aryl methyl sites for hydroxylation is 2. The van der Waals surface area contributed by atoms with E-state index in [0.29, 0.717) is 30.4 Å². The maximum absolute atomic E-state index is 14.0. The fraction of sp³-hybridized carbons (Fsp3) is 0.417. The normalized spacial score (nSPS) is 20.3. The highest BCUT2D eigenvalue weighted by Gasteiger charge is 2.23. The van der Waals surface area contributed by atoms with E-state index in [2.05, 4.69) is 31.2 Å². The molecule has 0 saturated heterocycles. The first kappa shape index (κ1) is 21.5. The van der Waals surface area contributed by atoms with Crippen molar-refractivity contribution in [3.8, 4) is 0 Å². The van der Waals surface area contributed by atoms with E-state index >= 15 is 0 Å². The van der Waals surface area contributed by atoms with Crippen molar-refractivity contribution in [3.05, 3.63) is 76.4 Å². The van der Waals surface area contributed by atoms with Crippen LogP contribution in [0, 0.1) is 17.6 Å². The van der Waals surface area contributed by atoms with E-state index in [-0.39, 0.29) is 6.08 Å². The van der Waals surface area contributed by atoms with Crippen molar-refractivity contribution < 1.29 is 22.0 Å². The Morgan fingerprint density at radius 1 is 0.862 bits per heavy atom. The number of rotatable bonds is 5. The summed E-state index contributed by atoms with van der Waals surface area (Å²) in [6.07, 6.45) is 1.63. The van der Waals surface area contributed by atoms with Gasteiger partial charge in [0.25, 0.3) is 0 Å². The molecule has 156 valence electrons. The minimum atomic E-state index is -4.61. The van der Waals surface area contributed by atoms with Gasteiger partial charge >= 0.3 is 6.18 Å². The minimum Gasteiger partial charge on any atom is -0.206 e. The van der Waals surface area contributed by atoms with Gasteiger partial charge in [-0.05, 0) is 72.4 Å². The average Bonchev–Trinajstić information content (AvgIpc) is 2.66. The molecule has 1 saturated carbocycles. The molecule has 1 fully saturated rings. The Hall–Kier alpha value is -2.17. The van der Waals surface area contributed by atoms with E-state index in [4.69, 9.17) is 0 Å². The summed E-state index contributed by atoms with van der Waals surface area (Å²) >= 11 is 0. The van der Waals surface area contributed by atoms with Crippen LogP contribution < -0.4 is 0 Å². The van der Waals surface area contributed by atoms with E-state index < -0.39 is 23.4 Å². The Kier molecular flexibility index (Phi) is 6.76. The smallest absolute Gasteiger partial charge is 0.206 e. The molecule has 5 heteroatoms. The van der Waals surface area contributed by atoms with Crippen LogP contribution in [0.4, 0.5) is 22.0 Å². The lowest BCUT2D eigenvalue weighted by molar-refractivity contribution is -0.0790. The van der Waals surface area contributed by atoms with Crippen LogP contribution >= 0.6 is 0 Å². The van der Waals surface area contributed by atoms with Gasteiger partial charge < -0.3 is 0 Å². The lowest BCUT2D eigenvalue weighted by Gasteiger charge is -2.26. The third-order valence-corrected chi connectivity index (χ3v) is 5.75. The average molecular weight is 408 g/mol. The first-order valence-electron chi connectivity index (χ1n) is 10.0. The molecule has 0 bridgehead atoms. The van der Waals surface area contributed by atoms with Crippen LogP contribution in [-0.2, 0) is 12.8 Å². The number of hydrogen-bond donors (Lipinski definition) is 0. The number of hydrogen-bond acceptors (Lipinski definition) is 0. The number of benzene rings is 2. The first-order valence-corrected chi connectivity index (χ1v) is 10.0. The molecule has 2 aromatic carbocycles.